The Bertz CT molecular complexity index is 597. The predicted molar refractivity (Wildman–Crippen MR) is 79.0 cm³/mol. The van der Waals surface area contributed by atoms with E-state index < -0.39 is 4.92 Å². The molecule has 1 heterocycles. The highest BCUT2D eigenvalue weighted by molar-refractivity contribution is 9.10. The van der Waals surface area contributed by atoms with Crippen LogP contribution in [0.25, 0.3) is 0 Å². The van der Waals surface area contributed by atoms with Gasteiger partial charge >= 0.3 is 0 Å². The van der Waals surface area contributed by atoms with Crippen LogP contribution < -0.4 is 0 Å². The zero-order chi connectivity index (χ0) is 15.6. The van der Waals surface area contributed by atoms with Gasteiger partial charge in [-0.3, -0.25) is 19.7 Å². The number of carbonyl (C=O) groups is 2. The summed E-state index contributed by atoms with van der Waals surface area (Å²) in [5, 5.41) is 10.8. The molecule has 21 heavy (non-hydrogen) atoms. The molecule has 112 valence electrons. The van der Waals surface area contributed by atoms with Gasteiger partial charge in [0.15, 0.2) is 0 Å². The Morgan fingerprint density at radius 2 is 1.76 bits per heavy atom. The Balaban J connectivity index is 2.16. The second kappa shape index (κ2) is 6.21. The fraction of sp³-hybridized carbons (Fsp3) is 0.385. The summed E-state index contributed by atoms with van der Waals surface area (Å²) in [7, 11) is 0. The molecule has 1 fully saturated rings. The highest BCUT2D eigenvalue weighted by atomic mass is 79.9. The third-order valence-corrected chi connectivity index (χ3v) is 4.09. The van der Waals surface area contributed by atoms with E-state index in [-0.39, 0.29) is 23.1 Å². The van der Waals surface area contributed by atoms with E-state index in [2.05, 4.69) is 15.9 Å². The molecule has 8 heteroatoms. The fourth-order valence-corrected chi connectivity index (χ4v) is 2.60. The van der Waals surface area contributed by atoms with Crippen molar-refractivity contribution in [2.45, 2.75) is 6.92 Å². The molecule has 1 saturated heterocycles. The Kier molecular flexibility index (Phi) is 4.56. The number of halogens is 1. The van der Waals surface area contributed by atoms with E-state index in [4.69, 9.17) is 0 Å². The summed E-state index contributed by atoms with van der Waals surface area (Å²) in [5.41, 5.74) is 0.143. The van der Waals surface area contributed by atoms with E-state index in [0.717, 1.165) is 0 Å². The molecule has 0 aromatic heterocycles. The van der Waals surface area contributed by atoms with E-state index in [1.54, 1.807) is 9.80 Å². The molecule has 0 unspecified atom stereocenters. The number of nitrogens with zero attached hydrogens (tertiary/aromatic N) is 3. The van der Waals surface area contributed by atoms with Crippen LogP contribution in [0.2, 0.25) is 0 Å². The van der Waals surface area contributed by atoms with E-state index >= 15 is 0 Å². The maximum Gasteiger partial charge on any atom is 0.270 e. The zero-order valence-electron chi connectivity index (χ0n) is 11.4. The predicted octanol–water partition coefficient (Wildman–Crippen LogP) is 1.66. The van der Waals surface area contributed by atoms with Gasteiger partial charge in [0.05, 0.1) is 10.5 Å². The molecule has 1 aromatic carbocycles. The lowest BCUT2D eigenvalue weighted by molar-refractivity contribution is -0.384. The van der Waals surface area contributed by atoms with Crippen molar-refractivity contribution in [3.8, 4) is 0 Å². The summed E-state index contributed by atoms with van der Waals surface area (Å²) in [5.74, 6) is -0.285. The van der Waals surface area contributed by atoms with Gasteiger partial charge in [-0.1, -0.05) is 0 Å². The molecular weight excluding hydrogens is 342 g/mol. The zero-order valence-corrected chi connectivity index (χ0v) is 13.0. The summed E-state index contributed by atoms with van der Waals surface area (Å²) in [6.07, 6.45) is 0. The van der Waals surface area contributed by atoms with Gasteiger partial charge in [-0.15, -0.1) is 0 Å². The highest BCUT2D eigenvalue weighted by Gasteiger charge is 2.25. The minimum atomic E-state index is -0.531. The minimum Gasteiger partial charge on any atom is -0.339 e. The first kappa shape index (κ1) is 15.4. The molecule has 7 nitrogen and oxygen atoms in total. The summed E-state index contributed by atoms with van der Waals surface area (Å²) >= 11 is 3.25. The topological polar surface area (TPSA) is 83.8 Å². The third-order valence-electron chi connectivity index (χ3n) is 3.40. The summed E-state index contributed by atoms with van der Waals surface area (Å²) < 4.78 is 0.520. The van der Waals surface area contributed by atoms with Crippen LogP contribution >= 0.6 is 15.9 Å². The normalized spacial score (nSPS) is 15.0. The van der Waals surface area contributed by atoms with Gasteiger partial charge in [-0.05, 0) is 22.0 Å². The molecule has 0 bridgehead atoms. The maximum atomic E-state index is 12.4. The highest BCUT2D eigenvalue weighted by Crippen LogP contribution is 2.24. The van der Waals surface area contributed by atoms with Gasteiger partial charge in [0, 0.05) is 49.7 Å². The number of rotatable bonds is 2. The van der Waals surface area contributed by atoms with Crippen molar-refractivity contribution in [3.05, 3.63) is 38.3 Å². The second-order valence-corrected chi connectivity index (χ2v) is 5.57. The molecule has 0 N–H and O–H groups in total. The van der Waals surface area contributed by atoms with Crippen LogP contribution in [0.5, 0.6) is 0 Å². The molecule has 2 rings (SSSR count). The van der Waals surface area contributed by atoms with Gasteiger partial charge in [-0.25, -0.2) is 0 Å². The number of piperazine rings is 1. The van der Waals surface area contributed by atoms with Crippen LogP contribution in [0.1, 0.15) is 17.3 Å². The van der Waals surface area contributed by atoms with Crippen molar-refractivity contribution in [2.24, 2.45) is 0 Å². The van der Waals surface area contributed by atoms with Crippen molar-refractivity contribution in [1.29, 1.82) is 0 Å². The Labute approximate surface area is 129 Å². The lowest BCUT2D eigenvalue weighted by Gasteiger charge is -2.34. The monoisotopic (exact) mass is 355 g/mol. The molecule has 2 amide bonds. The largest absolute Gasteiger partial charge is 0.339 e. The van der Waals surface area contributed by atoms with Crippen molar-refractivity contribution in [1.82, 2.24) is 9.80 Å². The Hall–Kier alpha value is -1.96. The van der Waals surface area contributed by atoms with E-state index in [0.29, 0.717) is 30.7 Å². The average Bonchev–Trinajstić information content (AvgIpc) is 2.47. The lowest BCUT2D eigenvalue weighted by Crippen LogP contribution is -2.50. The SMILES string of the molecule is CC(=O)N1CCN(C(=O)c2cc([N+](=O)[O-])ccc2Br)CC1. The maximum absolute atomic E-state index is 12.4. The van der Waals surface area contributed by atoms with Crippen LogP contribution in [0, 0.1) is 10.1 Å². The van der Waals surface area contributed by atoms with E-state index in [9.17, 15) is 19.7 Å². The minimum absolute atomic E-state index is 0.0152. The first-order valence-corrected chi connectivity index (χ1v) is 7.18. The molecule has 0 saturated carbocycles. The van der Waals surface area contributed by atoms with Gasteiger partial charge in [0.2, 0.25) is 5.91 Å². The molecule has 1 aliphatic heterocycles. The number of hydrogen-bond acceptors (Lipinski definition) is 4. The fourth-order valence-electron chi connectivity index (χ4n) is 2.19. The molecule has 0 atom stereocenters. The number of nitro groups is 1. The number of hydrogen-bond donors (Lipinski definition) is 0. The van der Waals surface area contributed by atoms with Crippen LogP contribution in [0.3, 0.4) is 0 Å². The lowest BCUT2D eigenvalue weighted by atomic mass is 10.1. The van der Waals surface area contributed by atoms with Crippen molar-refractivity contribution in [2.75, 3.05) is 26.2 Å². The molecule has 1 aromatic rings. The van der Waals surface area contributed by atoms with Gasteiger partial charge in [-0.2, -0.15) is 0 Å². The standard InChI is InChI=1S/C13H14BrN3O4/c1-9(18)15-4-6-16(7-5-15)13(19)11-8-10(17(20)21)2-3-12(11)14/h2-3,8H,4-7H2,1H3. The van der Waals surface area contributed by atoms with Crippen molar-refractivity contribution < 1.29 is 14.5 Å². The summed E-state index contributed by atoms with van der Waals surface area (Å²) in [6, 6.07) is 4.11. The van der Waals surface area contributed by atoms with Crippen molar-refractivity contribution in [3.63, 3.8) is 0 Å². The third kappa shape index (κ3) is 3.38. The number of carbonyl (C=O) groups excluding carboxylic acids is 2. The first-order valence-electron chi connectivity index (χ1n) is 6.39. The number of non-ortho nitro benzene ring substituents is 1. The Morgan fingerprint density at radius 1 is 1.19 bits per heavy atom. The van der Waals surface area contributed by atoms with Gasteiger partial charge in [0.1, 0.15) is 0 Å². The van der Waals surface area contributed by atoms with E-state index in [1.165, 1.54) is 25.1 Å². The second-order valence-electron chi connectivity index (χ2n) is 4.72. The number of benzene rings is 1. The number of amides is 2. The summed E-state index contributed by atoms with van der Waals surface area (Å²) in [6.45, 7) is 3.30. The van der Waals surface area contributed by atoms with Crippen LogP contribution in [-0.2, 0) is 4.79 Å². The molecule has 0 radical (unpaired) electrons. The molecule has 0 spiro atoms. The summed E-state index contributed by atoms with van der Waals surface area (Å²) in [4.78, 5) is 37.2. The molecule has 0 aliphatic carbocycles. The van der Waals surface area contributed by atoms with Crippen molar-refractivity contribution >= 4 is 33.4 Å². The Morgan fingerprint density at radius 3 is 2.29 bits per heavy atom. The van der Waals surface area contributed by atoms with Crippen LogP contribution in [0.4, 0.5) is 5.69 Å². The van der Waals surface area contributed by atoms with Crippen LogP contribution in [-0.4, -0.2) is 52.7 Å². The first-order chi connectivity index (χ1) is 9.90. The quantitative estimate of drug-likeness (QED) is 0.596. The van der Waals surface area contributed by atoms with Gasteiger partial charge in [0.25, 0.3) is 11.6 Å². The van der Waals surface area contributed by atoms with E-state index in [1.807, 2.05) is 0 Å². The molecular formula is C13H14BrN3O4. The molecule has 1 aliphatic rings. The smallest absolute Gasteiger partial charge is 0.270 e. The average molecular weight is 356 g/mol. The van der Waals surface area contributed by atoms with Crippen LogP contribution in [0.15, 0.2) is 22.7 Å². The van der Waals surface area contributed by atoms with Gasteiger partial charge < -0.3 is 9.80 Å². The number of nitro benzene ring substituents is 1.